The van der Waals surface area contributed by atoms with Gasteiger partial charge in [0.15, 0.2) is 0 Å². The number of piperidine rings is 1. The summed E-state index contributed by atoms with van der Waals surface area (Å²) in [5.74, 6) is 1.77. The second-order valence-corrected chi connectivity index (χ2v) is 11.1. The van der Waals surface area contributed by atoms with E-state index in [-0.39, 0.29) is 16.7 Å². The predicted octanol–water partition coefficient (Wildman–Crippen LogP) is 2.89. The Labute approximate surface area is 200 Å². The zero-order valence-electron chi connectivity index (χ0n) is 19.1. The lowest BCUT2D eigenvalue weighted by Gasteiger charge is -2.34. The maximum absolute atomic E-state index is 13.2. The molecule has 3 heterocycles. The van der Waals surface area contributed by atoms with Gasteiger partial charge in [-0.2, -0.15) is 4.31 Å². The maximum Gasteiger partial charge on any atom is 0.243 e. The lowest BCUT2D eigenvalue weighted by Crippen LogP contribution is -2.44. The van der Waals surface area contributed by atoms with Crippen LogP contribution in [0.1, 0.15) is 30.8 Å². The van der Waals surface area contributed by atoms with Crippen molar-refractivity contribution in [3.05, 3.63) is 46.9 Å². The van der Waals surface area contributed by atoms with E-state index in [1.807, 2.05) is 24.8 Å². The number of nitrogens with zero attached hydrogens (tertiary/aromatic N) is 5. The van der Waals surface area contributed by atoms with E-state index in [0.717, 1.165) is 43.3 Å². The molecule has 2 aliphatic rings. The van der Waals surface area contributed by atoms with Crippen molar-refractivity contribution in [1.29, 1.82) is 0 Å². The summed E-state index contributed by atoms with van der Waals surface area (Å²) >= 11 is 5.90. The monoisotopic (exact) mass is 491 g/mol. The number of aryl methyl sites for hydroxylation is 2. The fourth-order valence-electron chi connectivity index (χ4n) is 4.58. The van der Waals surface area contributed by atoms with Crippen LogP contribution in [-0.4, -0.2) is 72.8 Å². The first kappa shape index (κ1) is 23.9. The second kappa shape index (κ2) is 9.95. The van der Waals surface area contributed by atoms with Crippen LogP contribution in [0.3, 0.4) is 0 Å². The minimum atomic E-state index is -3.60. The Balaban J connectivity index is 1.35. The van der Waals surface area contributed by atoms with Gasteiger partial charge in [0.25, 0.3) is 0 Å². The van der Waals surface area contributed by atoms with Crippen LogP contribution < -0.4 is 4.90 Å². The molecule has 10 heteroatoms. The topological polar surface area (TPSA) is 86.7 Å². The van der Waals surface area contributed by atoms with Gasteiger partial charge in [-0.15, -0.1) is 0 Å². The molecular weight excluding hydrogens is 462 g/mol. The number of benzene rings is 1. The van der Waals surface area contributed by atoms with Crippen molar-refractivity contribution in [2.45, 2.75) is 38.0 Å². The summed E-state index contributed by atoms with van der Waals surface area (Å²) in [4.78, 5) is 26.4. The van der Waals surface area contributed by atoms with Crippen molar-refractivity contribution in [2.24, 2.45) is 5.92 Å². The van der Waals surface area contributed by atoms with Crippen LogP contribution in [0.2, 0.25) is 5.02 Å². The Morgan fingerprint density at radius 1 is 0.970 bits per heavy atom. The number of carbonyl (C=O) groups is 1. The van der Waals surface area contributed by atoms with Crippen LogP contribution in [-0.2, 0) is 14.8 Å². The third-order valence-corrected chi connectivity index (χ3v) is 8.50. The summed E-state index contributed by atoms with van der Waals surface area (Å²) < 4.78 is 27.5. The van der Waals surface area contributed by atoms with Crippen molar-refractivity contribution >= 4 is 33.3 Å². The molecule has 0 bridgehead atoms. The molecule has 1 amide bonds. The van der Waals surface area contributed by atoms with Crippen molar-refractivity contribution < 1.29 is 13.2 Å². The maximum atomic E-state index is 13.2. The first-order valence-electron chi connectivity index (χ1n) is 11.4. The molecule has 0 atom stereocenters. The van der Waals surface area contributed by atoms with Gasteiger partial charge in [-0.05, 0) is 57.4 Å². The third kappa shape index (κ3) is 5.47. The smallest absolute Gasteiger partial charge is 0.243 e. The number of amides is 1. The van der Waals surface area contributed by atoms with Crippen molar-refractivity contribution in [3.8, 4) is 0 Å². The summed E-state index contributed by atoms with van der Waals surface area (Å²) in [5, 5.41) is 0.498. The predicted molar refractivity (Wildman–Crippen MR) is 128 cm³/mol. The molecule has 4 rings (SSSR count). The fraction of sp³-hybridized carbons (Fsp3) is 0.522. The van der Waals surface area contributed by atoms with Crippen molar-refractivity contribution in [1.82, 2.24) is 19.2 Å². The van der Waals surface area contributed by atoms with E-state index in [4.69, 9.17) is 11.6 Å². The number of sulfonamides is 1. The van der Waals surface area contributed by atoms with Crippen LogP contribution in [0.15, 0.2) is 35.2 Å². The molecule has 1 aromatic carbocycles. The number of aromatic nitrogens is 2. The Hall–Kier alpha value is -2.23. The molecule has 0 radical (unpaired) electrons. The van der Waals surface area contributed by atoms with Gasteiger partial charge in [0.1, 0.15) is 11.6 Å². The van der Waals surface area contributed by atoms with Crippen LogP contribution in [0.4, 0.5) is 5.82 Å². The van der Waals surface area contributed by atoms with E-state index in [1.165, 1.54) is 16.4 Å². The third-order valence-electron chi connectivity index (χ3n) is 6.34. The van der Waals surface area contributed by atoms with Crippen LogP contribution in [0.25, 0.3) is 0 Å². The van der Waals surface area contributed by atoms with Crippen LogP contribution in [0, 0.1) is 19.8 Å². The molecular formula is C23H30ClN5O3S. The summed E-state index contributed by atoms with van der Waals surface area (Å²) in [7, 11) is -3.60. The molecule has 0 N–H and O–H groups in total. The normalized spacial score (nSPS) is 18.9. The van der Waals surface area contributed by atoms with Crippen molar-refractivity contribution in [2.75, 3.05) is 44.2 Å². The molecule has 2 aromatic rings. The standard InChI is InChI=1S/C23H30ClN5O3S/c1-17-16-22(26-18(2)25-17)27-12-8-19(9-13-27)23(30)28-10-3-11-29(15-14-28)33(31,32)21-6-4-20(24)5-7-21/h4-7,16,19H,3,8-15H2,1-2H3. The molecule has 178 valence electrons. The largest absolute Gasteiger partial charge is 0.356 e. The number of halogens is 1. The van der Waals surface area contributed by atoms with Gasteiger partial charge < -0.3 is 9.80 Å². The van der Waals surface area contributed by atoms with Gasteiger partial charge in [0.05, 0.1) is 4.90 Å². The minimum Gasteiger partial charge on any atom is -0.356 e. The van der Waals surface area contributed by atoms with E-state index >= 15 is 0 Å². The van der Waals surface area contributed by atoms with Gasteiger partial charge >= 0.3 is 0 Å². The number of rotatable bonds is 4. The first-order chi connectivity index (χ1) is 15.7. The fourth-order valence-corrected chi connectivity index (χ4v) is 6.18. The Morgan fingerprint density at radius 3 is 2.33 bits per heavy atom. The molecule has 0 spiro atoms. The zero-order chi connectivity index (χ0) is 23.6. The molecule has 2 aliphatic heterocycles. The lowest BCUT2D eigenvalue weighted by molar-refractivity contribution is -0.136. The van der Waals surface area contributed by atoms with Gasteiger partial charge in [-0.25, -0.2) is 18.4 Å². The number of anilines is 1. The molecule has 2 fully saturated rings. The SMILES string of the molecule is Cc1cc(N2CCC(C(=O)N3CCCN(S(=O)(=O)c4ccc(Cl)cc4)CC3)CC2)nc(C)n1. The molecule has 0 aliphatic carbocycles. The second-order valence-electron chi connectivity index (χ2n) is 8.71. The number of carbonyl (C=O) groups excluding carboxylic acids is 1. The Morgan fingerprint density at radius 2 is 1.67 bits per heavy atom. The van der Waals surface area contributed by atoms with E-state index in [9.17, 15) is 13.2 Å². The number of hydrogen-bond donors (Lipinski definition) is 0. The van der Waals surface area contributed by atoms with E-state index in [1.54, 1.807) is 12.1 Å². The Kier molecular flexibility index (Phi) is 7.21. The number of hydrogen-bond acceptors (Lipinski definition) is 6. The highest BCUT2D eigenvalue weighted by atomic mass is 35.5. The molecule has 1 aromatic heterocycles. The molecule has 0 saturated carbocycles. The Bertz CT molecular complexity index is 1080. The summed E-state index contributed by atoms with van der Waals surface area (Å²) in [6.45, 7) is 7.10. The van der Waals surface area contributed by atoms with Gasteiger partial charge in [-0.3, -0.25) is 4.79 Å². The van der Waals surface area contributed by atoms with E-state index < -0.39 is 10.0 Å². The summed E-state index contributed by atoms with van der Waals surface area (Å²) in [6, 6.07) is 8.20. The quantitative estimate of drug-likeness (QED) is 0.653. The van der Waals surface area contributed by atoms with Gasteiger partial charge in [0, 0.05) is 62.0 Å². The minimum absolute atomic E-state index is 0.0373. The van der Waals surface area contributed by atoms with Crippen LogP contribution >= 0.6 is 11.6 Å². The molecule has 33 heavy (non-hydrogen) atoms. The zero-order valence-corrected chi connectivity index (χ0v) is 20.6. The van der Waals surface area contributed by atoms with Gasteiger partial charge in [-0.1, -0.05) is 11.6 Å². The highest BCUT2D eigenvalue weighted by Gasteiger charge is 2.32. The summed E-state index contributed by atoms with van der Waals surface area (Å²) in [6.07, 6.45) is 2.16. The molecule has 2 saturated heterocycles. The highest BCUT2D eigenvalue weighted by Crippen LogP contribution is 2.25. The summed E-state index contributed by atoms with van der Waals surface area (Å²) in [5.41, 5.74) is 0.943. The van der Waals surface area contributed by atoms with Gasteiger partial charge in [0.2, 0.25) is 15.9 Å². The van der Waals surface area contributed by atoms with E-state index in [2.05, 4.69) is 14.9 Å². The van der Waals surface area contributed by atoms with E-state index in [0.29, 0.717) is 37.6 Å². The molecule has 8 nitrogen and oxygen atoms in total. The first-order valence-corrected chi connectivity index (χ1v) is 13.2. The van der Waals surface area contributed by atoms with Crippen LogP contribution in [0.5, 0.6) is 0 Å². The molecule has 0 unspecified atom stereocenters. The average Bonchev–Trinajstić information content (AvgIpc) is 3.05. The average molecular weight is 492 g/mol. The lowest BCUT2D eigenvalue weighted by atomic mass is 9.95. The highest BCUT2D eigenvalue weighted by molar-refractivity contribution is 7.89. The van der Waals surface area contributed by atoms with Crippen molar-refractivity contribution in [3.63, 3.8) is 0 Å².